The predicted octanol–water partition coefficient (Wildman–Crippen LogP) is 8.56. The molecule has 0 aromatic heterocycles. The van der Waals surface area contributed by atoms with E-state index in [9.17, 15) is 4.79 Å². The lowest BCUT2D eigenvalue weighted by atomic mass is 9.79. The van der Waals surface area contributed by atoms with Crippen molar-refractivity contribution in [2.75, 3.05) is 0 Å². The summed E-state index contributed by atoms with van der Waals surface area (Å²) in [6.45, 7) is 4.46. The van der Waals surface area contributed by atoms with Crippen molar-refractivity contribution >= 4 is 17.7 Å². The number of aldehydes is 1. The van der Waals surface area contributed by atoms with Crippen molar-refractivity contribution in [3.8, 4) is 0 Å². The first-order valence-corrected chi connectivity index (χ1v) is 14.3. The van der Waals surface area contributed by atoms with E-state index in [1.165, 1.54) is 36.8 Å². The summed E-state index contributed by atoms with van der Waals surface area (Å²) in [5.74, 6) is 0. The SMILES string of the molecule is CCCCc1ccc([N+]2(c3ccc(CCCC)cc3)C=C(C=O)C(c3ccccc3)(c3ccccc3)N2)cc1. The fraction of sp³-hybridized carbons (Fsp3) is 0.250. The van der Waals surface area contributed by atoms with E-state index in [0.717, 1.165) is 41.6 Å². The molecule has 1 heterocycles. The van der Waals surface area contributed by atoms with E-state index in [0.29, 0.717) is 5.57 Å². The normalized spacial score (nSPS) is 15.6. The van der Waals surface area contributed by atoms with Gasteiger partial charge in [0.2, 0.25) is 0 Å². The van der Waals surface area contributed by atoms with Gasteiger partial charge in [-0.3, -0.25) is 4.79 Å². The molecule has 0 radical (unpaired) electrons. The van der Waals surface area contributed by atoms with E-state index in [2.05, 4.69) is 98.3 Å². The first-order valence-electron chi connectivity index (χ1n) is 14.3. The van der Waals surface area contributed by atoms with E-state index in [1.54, 1.807) is 0 Å². The molecule has 1 aliphatic rings. The van der Waals surface area contributed by atoms with Crippen LogP contribution in [0, 0.1) is 0 Å². The summed E-state index contributed by atoms with van der Waals surface area (Å²) in [5.41, 5.74) is 10.8. The molecule has 0 amide bonds. The standard InChI is InChI=1S/C36H39N2O/c1-3-5-13-29-19-23-34(24-20-29)38(35-25-21-30(22-26-35)14-6-4-2)27-33(28-39)36(37-38,31-15-9-7-10-16-31)32-17-11-8-12-18-32/h7-12,15-28,37H,3-6,13-14H2,1-2H3/q+1. The topological polar surface area (TPSA) is 29.1 Å². The Labute approximate surface area is 233 Å². The second-order valence-electron chi connectivity index (χ2n) is 10.6. The number of carbonyl (C=O) groups excluding carboxylic acids is 1. The van der Waals surface area contributed by atoms with Crippen LogP contribution in [0.15, 0.2) is 121 Å². The van der Waals surface area contributed by atoms with Crippen LogP contribution in [0.4, 0.5) is 11.4 Å². The monoisotopic (exact) mass is 515 g/mol. The molecule has 0 atom stereocenters. The molecular weight excluding hydrogens is 476 g/mol. The molecule has 5 rings (SSSR count). The smallest absolute Gasteiger partial charge is 0.162 e. The Morgan fingerprint density at radius 3 is 1.46 bits per heavy atom. The maximum atomic E-state index is 12.9. The van der Waals surface area contributed by atoms with Crippen molar-refractivity contribution in [3.05, 3.63) is 143 Å². The average Bonchev–Trinajstić information content (AvgIpc) is 3.38. The lowest BCUT2D eigenvalue weighted by Gasteiger charge is -2.37. The fourth-order valence-corrected chi connectivity index (χ4v) is 5.78. The summed E-state index contributed by atoms with van der Waals surface area (Å²) in [6, 6.07) is 38.5. The van der Waals surface area contributed by atoms with Gasteiger partial charge in [-0.1, -0.05) is 112 Å². The van der Waals surface area contributed by atoms with Crippen LogP contribution in [0.25, 0.3) is 0 Å². The van der Waals surface area contributed by atoms with Crippen LogP contribution in [0.2, 0.25) is 0 Å². The van der Waals surface area contributed by atoms with Crippen LogP contribution < -0.4 is 10.0 Å². The molecule has 1 aliphatic heterocycles. The summed E-state index contributed by atoms with van der Waals surface area (Å²) in [6.07, 6.45) is 9.99. The molecular formula is C36H39N2O+. The number of nitrogens with zero attached hydrogens (tertiary/aromatic N) is 1. The molecule has 4 aromatic rings. The van der Waals surface area contributed by atoms with Crippen molar-refractivity contribution in [2.45, 2.75) is 57.9 Å². The maximum absolute atomic E-state index is 12.9. The first-order chi connectivity index (χ1) is 19.2. The minimum absolute atomic E-state index is 0.250. The molecule has 0 unspecified atom stereocenters. The Kier molecular flexibility index (Phi) is 8.21. The Morgan fingerprint density at radius 1 is 0.641 bits per heavy atom. The Hall–Kier alpha value is -3.79. The van der Waals surface area contributed by atoms with Gasteiger partial charge in [-0.15, -0.1) is 5.43 Å². The van der Waals surface area contributed by atoms with Crippen molar-refractivity contribution in [1.82, 2.24) is 10.0 Å². The number of unbranched alkanes of at least 4 members (excludes halogenated alkanes) is 2. The molecule has 198 valence electrons. The first kappa shape index (κ1) is 26.8. The van der Waals surface area contributed by atoms with Gasteiger partial charge in [0, 0.05) is 24.3 Å². The largest absolute Gasteiger partial charge is 0.298 e. The van der Waals surface area contributed by atoms with Gasteiger partial charge in [0.05, 0.1) is 5.57 Å². The van der Waals surface area contributed by atoms with Crippen LogP contribution >= 0.6 is 0 Å². The van der Waals surface area contributed by atoms with Crippen LogP contribution in [0.1, 0.15) is 61.8 Å². The van der Waals surface area contributed by atoms with Gasteiger partial charge in [-0.25, -0.2) is 0 Å². The molecule has 3 heteroatoms. The highest BCUT2D eigenvalue weighted by molar-refractivity contribution is 5.84. The third kappa shape index (κ3) is 5.13. The summed E-state index contributed by atoms with van der Waals surface area (Å²) in [7, 11) is 0. The second kappa shape index (κ2) is 11.9. The van der Waals surface area contributed by atoms with E-state index in [1.807, 2.05) is 36.4 Å². The van der Waals surface area contributed by atoms with Gasteiger partial charge >= 0.3 is 0 Å². The van der Waals surface area contributed by atoms with Gasteiger partial charge in [0.25, 0.3) is 0 Å². The highest BCUT2D eigenvalue weighted by atomic mass is 16.1. The van der Waals surface area contributed by atoms with Gasteiger partial charge in [0.1, 0.15) is 6.20 Å². The van der Waals surface area contributed by atoms with Crippen LogP contribution in [0.3, 0.4) is 0 Å². The van der Waals surface area contributed by atoms with E-state index in [-0.39, 0.29) is 4.59 Å². The molecule has 1 N–H and O–H groups in total. The number of hydrogen-bond acceptors (Lipinski definition) is 2. The third-order valence-electron chi connectivity index (χ3n) is 7.98. The highest BCUT2D eigenvalue weighted by Crippen LogP contribution is 2.48. The van der Waals surface area contributed by atoms with E-state index >= 15 is 0 Å². The number of hydrogen-bond donors (Lipinski definition) is 1. The van der Waals surface area contributed by atoms with Gasteiger partial charge in [-0.2, -0.15) is 4.59 Å². The van der Waals surface area contributed by atoms with Crippen molar-refractivity contribution in [1.29, 1.82) is 0 Å². The molecule has 0 spiro atoms. The summed E-state index contributed by atoms with van der Waals surface area (Å²) >= 11 is 0. The third-order valence-corrected chi connectivity index (χ3v) is 7.98. The molecule has 39 heavy (non-hydrogen) atoms. The van der Waals surface area contributed by atoms with Gasteiger partial charge < -0.3 is 0 Å². The fourth-order valence-electron chi connectivity index (χ4n) is 5.78. The van der Waals surface area contributed by atoms with Crippen molar-refractivity contribution in [2.24, 2.45) is 0 Å². The number of nitrogens with one attached hydrogen (secondary N) is 1. The number of rotatable bonds is 11. The summed E-state index contributed by atoms with van der Waals surface area (Å²) in [4.78, 5) is 12.9. The lowest BCUT2D eigenvalue weighted by molar-refractivity contribution is -0.105. The van der Waals surface area contributed by atoms with Crippen molar-refractivity contribution in [3.63, 3.8) is 0 Å². The Morgan fingerprint density at radius 2 is 1.08 bits per heavy atom. The molecule has 0 saturated carbocycles. The maximum Gasteiger partial charge on any atom is 0.162 e. The lowest BCUT2D eigenvalue weighted by Crippen LogP contribution is -2.56. The molecule has 0 bridgehead atoms. The molecule has 0 aliphatic carbocycles. The zero-order valence-electron chi connectivity index (χ0n) is 23.1. The zero-order chi connectivity index (χ0) is 27.1. The number of aryl methyl sites for hydroxylation is 2. The zero-order valence-corrected chi connectivity index (χ0v) is 23.1. The van der Waals surface area contributed by atoms with E-state index < -0.39 is 5.54 Å². The van der Waals surface area contributed by atoms with E-state index in [4.69, 9.17) is 0 Å². The highest BCUT2D eigenvalue weighted by Gasteiger charge is 2.54. The second-order valence-corrected chi connectivity index (χ2v) is 10.6. The average molecular weight is 516 g/mol. The summed E-state index contributed by atoms with van der Waals surface area (Å²) in [5, 5.41) is 0. The van der Waals surface area contributed by atoms with Gasteiger partial charge in [0.15, 0.2) is 23.2 Å². The number of benzene rings is 4. The van der Waals surface area contributed by atoms with Crippen LogP contribution in [-0.4, -0.2) is 6.29 Å². The Balaban J connectivity index is 1.70. The molecule has 0 saturated heterocycles. The molecule has 4 aromatic carbocycles. The molecule has 0 fully saturated rings. The summed E-state index contributed by atoms with van der Waals surface area (Å²) < 4.78 is 0.250. The quantitative estimate of drug-likeness (QED) is 0.160. The van der Waals surface area contributed by atoms with Gasteiger partial charge in [-0.05, 0) is 47.9 Å². The van der Waals surface area contributed by atoms with Crippen LogP contribution in [0.5, 0.6) is 0 Å². The van der Waals surface area contributed by atoms with Crippen LogP contribution in [-0.2, 0) is 23.2 Å². The molecule has 3 nitrogen and oxygen atoms in total. The predicted molar refractivity (Wildman–Crippen MR) is 163 cm³/mol. The Bertz CT molecular complexity index is 1300. The number of quaternary nitrogens is 1. The number of carbonyl (C=O) groups is 1. The minimum atomic E-state index is -0.813. The minimum Gasteiger partial charge on any atom is -0.298 e. The van der Waals surface area contributed by atoms with Crippen molar-refractivity contribution < 1.29 is 4.79 Å².